The molecule has 1 aromatic carbocycles. The van der Waals surface area contributed by atoms with Gasteiger partial charge >= 0.3 is 0 Å². The van der Waals surface area contributed by atoms with Crippen molar-refractivity contribution in [3.63, 3.8) is 0 Å². The molecule has 1 fully saturated rings. The Balaban J connectivity index is 1.95. The lowest BCUT2D eigenvalue weighted by Crippen LogP contribution is -2.34. The molecule has 5 heteroatoms. The van der Waals surface area contributed by atoms with Crippen LogP contribution in [-0.4, -0.2) is 24.6 Å². The monoisotopic (exact) mass is 296 g/mol. The van der Waals surface area contributed by atoms with Gasteiger partial charge in [0.05, 0.1) is 5.02 Å². The molecule has 0 saturated heterocycles. The van der Waals surface area contributed by atoms with Crippen LogP contribution in [0.25, 0.3) is 0 Å². The minimum atomic E-state index is -0.138. The van der Waals surface area contributed by atoms with Gasteiger partial charge in [0.2, 0.25) is 0 Å². The number of carbonyl (C=O) groups excluding carboxylic acids is 1. The zero-order chi connectivity index (χ0) is 14.5. The van der Waals surface area contributed by atoms with Crippen LogP contribution in [0.15, 0.2) is 18.2 Å². The van der Waals surface area contributed by atoms with Crippen LogP contribution in [0.1, 0.15) is 32.3 Å². The van der Waals surface area contributed by atoms with Crippen molar-refractivity contribution in [1.82, 2.24) is 10.6 Å². The first-order valence-electron chi connectivity index (χ1n) is 6.99. The zero-order valence-electron chi connectivity index (χ0n) is 11.9. The fourth-order valence-corrected chi connectivity index (χ4v) is 2.15. The first-order chi connectivity index (χ1) is 9.56. The lowest BCUT2D eigenvalue weighted by molar-refractivity contribution is -0.123. The molecule has 0 heterocycles. The largest absolute Gasteiger partial charge is 0.482 e. The van der Waals surface area contributed by atoms with E-state index in [9.17, 15) is 4.79 Å². The minimum Gasteiger partial charge on any atom is -0.482 e. The number of ether oxygens (including phenoxy) is 1. The van der Waals surface area contributed by atoms with Crippen molar-refractivity contribution >= 4 is 17.5 Å². The van der Waals surface area contributed by atoms with E-state index in [0.29, 0.717) is 23.4 Å². The molecule has 2 N–H and O–H groups in total. The maximum absolute atomic E-state index is 11.6. The summed E-state index contributed by atoms with van der Waals surface area (Å²) in [6.45, 7) is 4.53. The molecular formula is C15H21ClN2O2. The van der Waals surface area contributed by atoms with E-state index < -0.39 is 0 Å². The van der Waals surface area contributed by atoms with Gasteiger partial charge in [-0.1, -0.05) is 23.7 Å². The summed E-state index contributed by atoms with van der Waals surface area (Å²) >= 11 is 6.17. The molecule has 2 rings (SSSR count). The number of halogens is 1. The summed E-state index contributed by atoms with van der Waals surface area (Å²) in [6.07, 6.45) is 2.46. The number of amides is 1. The Kier molecular flexibility index (Phi) is 5.26. The summed E-state index contributed by atoms with van der Waals surface area (Å²) in [6, 6.07) is 6.36. The Morgan fingerprint density at radius 2 is 2.20 bits per heavy atom. The topological polar surface area (TPSA) is 50.4 Å². The second kappa shape index (κ2) is 6.95. The summed E-state index contributed by atoms with van der Waals surface area (Å²) in [5.74, 6) is 0.460. The summed E-state index contributed by atoms with van der Waals surface area (Å²) in [7, 11) is 0. The van der Waals surface area contributed by atoms with Crippen molar-refractivity contribution in [3.8, 4) is 5.75 Å². The highest BCUT2D eigenvalue weighted by Gasteiger charge is 2.21. The van der Waals surface area contributed by atoms with E-state index in [1.807, 2.05) is 26.0 Å². The third kappa shape index (κ3) is 4.69. The maximum Gasteiger partial charge on any atom is 0.258 e. The van der Waals surface area contributed by atoms with Gasteiger partial charge in [-0.25, -0.2) is 0 Å². The van der Waals surface area contributed by atoms with Crippen LogP contribution in [0, 0.1) is 0 Å². The van der Waals surface area contributed by atoms with Crippen molar-refractivity contribution in [3.05, 3.63) is 28.8 Å². The van der Waals surface area contributed by atoms with Crippen molar-refractivity contribution in [2.24, 2.45) is 0 Å². The summed E-state index contributed by atoms with van der Waals surface area (Å²) in [4.78, 5) is 11.6. The smallest absolute Gasteiger partial charge is 0.258 e. The van der Waals surface area contributed by atoms with Gasteiger partial charge in [0.25, 0.3) is 5.91 Å². The van der Waals surface area contributed by atoms with E-state index in [-0.39, 0.29) is 18.6 Å². The van der Waals surface area contributed by atoms with Gasteiger partial charge in [-0.3, -0.25) is 4.79 Å². The lowest BCUT2D eigenvalue weighted by Gasteiger charge is -2.14. The predicted molar refractivity (Wildman–Crippen MR) is 80.1 cm³/mol. The number of hydrogen-bond acceptors (Lipinski definition) is 3. The Morgan fingerprint density at radius 3 is 2.85 bits per heavy atom. The number of carbonyl (C=O) groups is 1. The maximum atomic E-state index is 11.6. The Bertz CT molecular complexity index is 473. The minimum absolute atomic E-state index is 0.0155. The van der Waals surface area contributed by atoms with E-state index >= 15 is 0 Å². The number of para-hydroxylation sites is 1. The van der Waals surface area contributed by atoms with Crippen molar-refractivity contribution in [2.75, 3.05) is 6.61 Å². The Morgan fingerprint density at radius 1 is 1.45 bits per heavy atom. The molecule has 0 aliphatic heterocycles. The third-order valence-electron chi connectivity index (χ3n) is 3.00. The van der Waals surface area contributed by atoms with E-state index in [1.165, 1.54) is 12.8 Å². The molecule has 4 nitrogen and oxygen atoms in total. The van der Waals surface area contributed by atoms with Crippen LogP contribution in [0.3, 0.4) is 0 Å². The van der Waals surface area contributed by atoms with Crippen LogP contribution in [0.4, 0.5) is 0 Å². The summed E-state index contributed by atoms with van der Waals surface area (Å²) < 4.78 is 5.60. The zero-order valence-corrected chi connectivity index (χ0v) is 12.7. The molecule has 0 atom stereocenters. The van der Waals surface area contributed by atoms with E-state index in [2.05, 4.69) is 10.6 Å². The standard InChI is InChI=1S/C15H21ClN2O2/c1-10(2)18-14(19)9-20-15-11(4-3-5-13(15)16)8-17-12-6-7-12/h3-5,10,12,17H,6-9H2,1-2H3,(H,18,19). The highest BCUT2D eigenvalue weighted by Crippen LogP contribution is 2.29. The van der Waals surface area contributed by atoms with Crippen LogP contribution < -0.4 is 15.4 Å². The lowest BCUT2D eigenvalue weighted by atomic mass is 10.2. The van der Waals surface area contributed by atoms with Gasteiger partial charge in [0.1, 0.15) is 5.75 Å². The second-order valence-corrected chi connectivity index (χ2v) is 5.80. The molecule has 0 bridgehead atoms. The molecule has 1 aliphatic rings. The predicted octanol–water partition coefficient (Wildman–Crippen LogP) is 2.50. The number of hydrogen-bond donors (Lipinski definition) is 2. The van der Waals surface area contributed by atoms with Gasteiger partial charge in [0.15, 0.2) is 6.61 Å². The molecule has 0 radical (unpaired) electrons. The number of nitrogens with one attached hydrogen (secondary N) is 2. The molecule has 1 aromatic rings. The molecule has 0 spiro atoms. The molecule has 110 valence electrons. The number of rotatable bonds is 7. The Hall–Kier alpha value is -1.26. The van der Waals surface area contributed by atoms with E-state index in [1.54, 1.807) is 6.07 Å². The van der Waals surface area contributed by atoms with Gasteiger partial charge < -0.3 is 15.4 Å². The Labute approximate surface area is 124 Å². The van der Waals surface area contributed by atoms with E-state index in [4.69, 9.17) is 16.3 Å². The number of benzene rings is 1. The van der Waals surface area contributed by atoms with Gasteiger partial charge in [0, 0.05) is 24.2 Å². The van der Waals surface area contributed by atoms with Crippen LogP contribution in [0.5, 0.6) is 5.75 Å². The average molecular weight is 297 g/mol. The normalized spacial score (nSPS) is 14.4. The SMILES string of the molecule is CC(C)NC(=O)COc1c(Cl)cccc1CNC1CC1. The molecule has 0 aromatic heterocycles. The second-order valence-electron chi connectivity index (χ2n) is 5.39. The molecule has 1 aliphatic carbocycles. The first-order valence-corrected chi connectivity index (χ1v) is 7.37. The first kappa shape index (κ1) is 15.1. The molecule has 0 unspecified atom stereocenters. The van der Waals surface area contributed by atoms with Crippen molar-refractivity contribution < 1.29 is 9.53 Å². The fraction of sp³-hybridized carbons (Fsp3) is 0.533. The van der Waals surface area contributed by atoms with Gasteiger partial charge in [-0.05, 0) is 32.8 Å². The summed E-state index contributed by atoms with van der Waals surface area (Å²) in [5.41, 5.74) is 0.988. The molecular weight excluding hydrogens is 276 g/mol. The quantitative estimate of drug-likeness (QED) is 0.813. The highest BCUT2D eigenvalue weighted by molar-refractivity contribution is 6.32. The van der Waals surface area contributed by atoms with Gasteiger partial charge in [-0.2, -0.15) is 0 Å². The van der Waals surface area contributed by atoms with Crippen molar-refractivity contribution in [1.29, 1.82) is 0 Å². The van der Waals surface area contributed by atoms with Crippen LogP contribution in [-0.2, 0) is 11.3 Å². The van der Waals surface area contributed by atoms with E-state index in [0.717, 1.165) is 5.56 Å². The third-order valence-corrected chi connectivity index (χ3v) is 3.30. The van der Waals surface area contributed by atoms with Crippen LogP contribution in [0.2, 0.25) is 5.02 Å². The highest BCUT2D eigenvalue weighted by atomic mass is 35.5. The van der Waals surface area contributed by atoms with Crippen molar-refractivity contribution in [2.45, 2.75) is 45.3 Å². The molecule has 1 amide bonds. The average Bonchev–Trinajstić information content (AvgIpc) is 3.18. The summed E-state index contributed by atoms with van der Waals surface area (Å²) in [5, 5.41) is 6.75. The van der Waals surface area contributed by atoms with Crippen LogP contribution >= 0.6 is 11.6 Å². The molecule has 1 saturated carbocycles. The van der Waals surface area contributed by atoms with Gasteiger partial charge in [-0.15, -0.1) is 0 Å². The molecule has 20 heavy (non-hydrogen) atoms. The fourth-order valence-electron chi connectivity index (χ4n) is 1.90.